The predicted molar refractivity (Wildman–Crippen MR) is 102 cm³/mol. The zero-order valence-electron chi connectivity index (χ0n) is 15.8. The van der Waals surface area contributed by atoms with Crippen molar-refractivity contribution in [1.82, 2.24) is 5.32 Å². The number of methoxy groups -OCH3 is 1. The van der Waals surface area contributed by atoms with Gasteiger partial charge in [-0.15, -0.1) is 0 Å². The molecule has 9 nitrogen and oxygen atoms in total. The number of carbonyl (C=O) groups excluding carboxylic acids is 1. The number of hydrogen-bond donors (Lipinski definition) is 1. The summed E-state index contributed by atoms with van der Waals surface area (Å²) in [6, 6.07) is 10.6. The van der Waals surface area contributed by atoms with E-state index in [9.17, 15) is 4.79 Å². The summed E-state index contributed by atoms with van der Waals surface area (Å²) in [7, 11) is 1.57. The zero-order valence-corrected chi connectivity index (χ0v) is 15.8. The molecule has 0 fully saturated rings. The topological polar surface area (TPSA) is 96.8 Å². The van der Waals surface area contributed by atoms with Crippen LogP contribution in [-0.4, -0.2) is 45.8 Å². The Morgan fingerprint density at radius 1 is 0.966 bits per heavy atom. The number of aliphatic imine (C=N–C) groups is 1. The number of carbonyl (C=O) groups is 1. The van der Waals surface area contributed by atoms with Gasteiger partial charge in [-0.25, -0.2) is 4.99 Å². The molecule has 2 aliphatic rings. The number of nitrogens with one attached hydrogen (secondary N) is 1. The molecule has 0 saturated carbocycles. The van der Waals surface area contributed by atoms with E-state index in [1.54, 1.807) is 25.3 Å². The van der Waals surface area contributed by atoms with Crippen LogP contribution in [0.5, 0.6) is 23.0 Å². The fourth-order valence-electron chi connectivity index (χ4n) is 2.75. The molecular formula is C20H20N2O7. The summed E-state index contributed by atoms with van der Waals surface area (Å²) in [5, 5.41) is 2.69. The summed E-state index contributed by atoms with van der Waals surface area (Å²) in [4.78, 5) is 17.0. The maximum atomic E-state index is 12.6. The average molecular weight is 400 g/mol. The molecule has 2 aromatic carbocycles. The van der Waals surface area contributed by atoms with Crippen LogP contribution >= 0.6 is 0 Å². The predicted octanol–water partition coefficient (Wildman–Crippen LogP) is 2.09. The van der Waals surface area contributed by atoms with Crippen LogP contribution in [0.1, 0.15) is 15.9 Å². The summed E-state index contributed by atoms with van der Waals surface area (Å²) in [6.07, 6.45) is 0. The third-order valence-corrected chi connectivity index (χ3v) is 4.22. The Balaban J connectivity index is 1.45. The average Bonchev–Trinajstić information content (AvgIpc) is 3.39. The minimum atomic E-state index is -0.370. The van der Waals surface area contributed by atoms with Gasteiger partial charge in [0.1, 0.15) is 6.61 Å². The van der Waals surface area contributed by atoms with Gasteiger partial charge in [-0.05, 0) is 35.9 Å². The van der Waals surface area contributed by atoms with Crippen molar-refractivity contribution in [3.63, 3.8) is 0 Å². The first kappa shape index (κ1) is 18.9. The molecule has 0 unspecified atom stereocenters. The van der Waals surface area contributed by atoms with Crippen molar-refractivity contribution in [2.24, 2.45) is 4.99 Å². The van der Waals surface area contributed by atoms with Gasteiger partial charge in [0.2, 0.25) is 13.6 Å². The molecule has 29 heavy (non-hydrogen) atoms. The molecule has 4 rings (SSSR count). The van der Waals surface area contributed by atoms with Crippen molar-refractivity contribution in [2.45, 2.75) is 6.54 Å². The lowest BCUT2D eigenvalue weighted by Gasteiger charge is -2.11. The van der Waals surface area contributed by atoms with Crippen LogP contribution in [0, 0.1) is 0 Å². The molecule has 9 heteroatoms. The molecule has 0 atom stereocenters. The number of amidine groups is 1. The Bertz CT molecular complexity index is 929. The van der Waals surface area contributed by atoms with Crippen molar-refractivity contribution in [3.05, 3.63) is 47.5 Å². The maximum Gasteiger partial charge on any atom is 0.292 e. The molecule has 0 aromatic heterocycles. The van der Waals surface area contributed by atoms with E-state index in [1.165, 1.54) is 0 Å². The van der Waals surface area contributed by atoms with Crippen molar-refractivity contribution in [3.8, 4) is 23.0 Å². The van der Waals surface area contributed by atoms with E-state index < -0.39 is 0 Å². The van der Waals surface area contributed by atoms with Gasteiger partial charge in [0, 0.05) is 12.7 Å². The fraction of sp³-hybridized carbons (Fsp3) is 0.300. The highest BCUT2D eigenvalue weighted by Gasteiger charge is 2.18. The van der Waals surface area contributed by atoms with Crippen LogP contribution in [0.3, 0.4) is 0 Å². The second-order valence-electron chi connectivity index (χ2n) is 6.17. The van der Waals surface area contributed by atoms with Gasteiger partial charge in [0.05, 0.1) is 13.2 Å². The third kappa shape index (κ3) is 4.52. The first-order valence-corrected chi connectivity index (χ1v) is 8.98. The minimum absolute atomic E-state index is 0.0994. The monoisotopic (exact) mass is 400 g/mol. The highest BCUT2D eigenvalue weighted by atomic mass is 16.7. The van der Waals surface area contributed by atoms with Crippen molar-refractivity contribution < 1.29 is 33.2 Å². The maximum absolute atomic E-state index is 12.6. The first-order valence-electron chi connectivity index (χ1n) is 8.98. The zero-order chi connectivity index (χ0) is 20.1. The van der Waals surface area contributed by atoms with Gasteiger partial charge in [-0.2, -0.15) is 0 Å². The van der Waals surface area contributed by atoms with E-state index in [0.717, 1.165) is 5.56 Å². The number of nitrogens with zero attached hydrogens (tertiary/aromatic N) is 1. The molecule has 2 aliphatic heterocycles. The Labute approximate surface area is 167 Å². The molecule has 0 aliphatic carbocycles. The SMILES string of the molecule is COCCOC(=NCc1ccc2c(c1)OCO2)NC(=O)c1ccc2c(c1)OCO2. The van der Waals surface area contributed by atoms with Gasteiger partial charge in [0.25, 0.3) is 11.9 Å². The number of rotatable bonds is 6. The lowest BCUT2D eigenvalue weighted by molar-refractivity contribution is 0.0953. The second kappa shape index (κ2) is 8.70. The normalized spacial score (nSPS) is 14.0. The molecular weight excluding hydrogens is 380 g/mol. The highest BCUT2D eigenvalue weighted by Crippen LogP contribution is 2.33. The van der Waals surface area contributed by atoms with E-state index in [2.05, 4.69) is 10.3 Å². The van der Waals surface area contributed by atoms with Crippen LogP contribution in [0.2, 0.25) is 0 Å². The van der Waals surface area contributed by atoms with E-state index in [4.69, 9.17) is 28.4 Å². The fourth-order valence-corrected chi connectivity index (χ4v) is 2.75. The molecule has 0 bridgehead atoms. The van der Waals surface area contributed by atoms with Crippen LogP contribution in [-0.2, 0) is 16.0 Å². The van der Waals surface area contributed by atoms with E-state index in [-0.39, 0.29) is 32.1 Å². The number of benzene rings is 2. The Kier molecular flexibility index (Phi) is 5.66. The Morgan fingerprint density at radius 2 is 1.66 bits per heavy atom. The second-order valence-corrected chi connectivity index (χ2v) is 6.17. The molecule has 2 aromatic rings. The van der Waals surface area contributed by atoms with Gasteiger partial charge in [0.15, 0.2) is 23.0 Å². The van der Waals surface area contributed by atoms with Gasteiger partial charge in [-0.1, -0.05) is 6.07 Å². The standard InChI is InChI=1S/C20H20N2O7/c1-24-6-7-25-20(21-10-13-2-4-15-17(8-13)28-11-26-15)22-19(23)14-3-5-16-18(9-14)29-12-27-16/h2-5,8-9H,6-7,10-12H2,1H3,(H,21,22,23). The van der Waals surface area contributed by atoms with E-state index in [1.807, 2.05) is 18.2 Å². The minimum Gasteiger partial charge on any atom is -0.463 e. The van der Waals surface area contributed by atoms with Crippen LogP contribution in [0.4, 0.5) is 0 Å². The summed E-state index contributed by atoms with van der Waals surface area (Å²) in [6.45, 7) is 1.25. The summed E-state index contributed by atoms with van der Waals surface area (Å²) in [5.74, 6) is 2.13. The molecule has 0 spiro atoms. The molecule has 152 valence electrons. The summed E-state index contributed by atoms with van der Waals surface area (Å²) in [5.41, 5.74) is 1.29. The number of hydrogen-bond acceptors (Lipinski definition) is 8. The lowest BCUT2D eigenvalue weighted by Crippen LogP contribution is -2.33. The smallest absolute Gasteiger partial charge is 0.292 e. The van der Waals surface area contributed by atoms with Gasteiger partial charge < -0.3 is 28.4 Å². The van der Waals surface area contributed by atoms with Crippen molar-refractivity contribution in [1.29, 1.82) is 0 Å². The number of fused-ring (bicyclic) bond motifs is 2. The Hall–Kier alpha value is -3.46. The van der Waals surface area contributed by atoms with Crippen LogP contribution in [0.25, 0.3) is 0 Å². The van der Waals surface area contributed by atoms with E-state index in [0.29, 0.717) is 41.7 Å². The largest absolute Gasteiger partial charge is 0.463 e. The van der Waals surface area contributed by atoms with Gasteiger partial charge >= 0.3 is 0 Å². The van der Waals surface area contributed by atoms with E-state index >= 15 is 0 Å². The summed E-state index contributed by atoms with van der Waals surface area (Å²) >= 11 is 0. The highest BCUT2D eigenvalue weighted by molar-refractivity contribution is 6.04. The molecule has 0 saturated heterocycles. The molecule has 2 heterocycles. The Morgan fingerprint density at radius 3 is 2.41 bits per heavy atom. The van der Waals surface area contributed by atoms with Crippen LogP contribution < -0.4 is 24.3 Å². The molecule has 0 radical (unpaired) electrons. The van der Waals surface area contributed by atoms with Crippen molar-refractivity contribution in [2.75, 3.05) is 33.9 Å². The molecule has 1 N–H and O–H groups in total. The third-order valence-electron chi connectivity index (χ3n) is 4.22. The first-order chi connectivity index (χ1) is 14.2. The van der Waals surface area contributed by atoms with Crippen molar-refractivity contribution >= 4 is 11.9 Å². The quantitative estimate of drug-likeness (QED) is 0.451. The lowest BCUT2D eigenvalue weighted by atomic mass is 10.2. The number of amides is 1. The van der Waals surface area contributed by atoms with Gasteiger partial charge in [-0.3, -0.25) is 10.1 Å². The molecule has 1 amide bonds. The number of ether oxygens (including phenoxy) is 6. The van der Waals surface area contributed by atoms with Crippen LogP contribution in [0.15, 0.2) is 41.4 Å². The summed E-state index contributed by atoms with van der Waals surface area (Å²) < 4.78 is 31.8.